The molecule has 3 heteroatoms. The Kier molecular flexibility index (Phi) is 3.09. The molecule has 0 aliphatic carbocycles. The molecule has 10 heavy (non-hydrogen) atoms. The summed E-state index contributed by atoms with van der Waals surface area (Å²) in [5.74, 6) is 0.552. The summed E-state index contributed by atoms with van der Waals surface area (Å²) in [6.07, 6.45) is 0.696. The summed E-state index contributed by atoms with van der Waals surface area (Å²) in [5.41, 5.74) is 0. The molecule has 1 aliphatic heterocycles. The van der Waals surface area contributed by atoms with Crippen LogP contribution < -0.4 is 0 Å². The number of halogens is 1. The van der Waals surface area contributed by atoms with E-state index in [9.17, 15) is 4.39 Å². The second kappa shape index (κ2) is 3.88. The number of hydrogen-bond acceptors (Lipinski definition) is 2. The standard InChI is InChI=1S/C7H14FNO/c8-2-1-7-5-9(6-7)3-4-10/h7,10H,1-6H2. The number of alkyl halides is 1. The van der Waals surface area contributed by atoms with E-state index in [1.54, 1.807) is 0 Å². The van der Waals surface area contributed by atoms with Gasteiger partial charge < -0.3 is 10.0 Å². The van der Waals surface area contributed by atoms with Crippen LogP contribution in [0.4, 0.5) is 4.39 Å². The highest BCUT2D eigenvalue weighted by Crippen LogP contribution is 2.17. The molecule has 0 radical (unpaired) electrons. The SMILES string of the molecule is OCCN1CC(CCF)C1. The summed E-state index contributed by atoms with van der Waals surface area (Å²) >= 11 is 0. The van der Waals surface area contributed by atoms with E-state index in [0.29, 0.717) is 12.3 Å². The minimum Gasteiger partial charge on any atom is -0.395 e. The molecule has 1 aliphatic rings. The third kappa shape index (κ3) is 1.92. The Morgan fingerprint density at radius 1 is 1.50 bits per heavy atom. The number of nitrogens with zero attached hydrogens (tertiary/aromatic N) is 1. The fourth-order valence-corrected chi connectivity index (χ4v) is 1.34. The molecule has 0 aromatic heterocycles. The van der Waals surface area contributed by atoms with Gasteiger partial charge in [0.1, 0.15) is 0 Å². The second-order valence-corrected chi connectivity index (χ2v) is 2.83. The number of aliphatic hydroxyl groups is 1. The first-order valence-corrected chi connectivity index (χ1v) is 3.76. The van der Waals surface area contributed by atoms with Crippen molar-refractivity contribution in [3.8, 4) is 0 Å². The molecule has 1 fully saturated rings. The van der Waals surface area contributed by atoms with Gasteiger partial charge in [0.05, 0.1) is 13.3 Å². The lowest BCUT2D eigenvalue weighted by atomic mass is 9.97. The molecule has 1 N–H and O–H groups in total. The second-order valence-electron chi connectivity index (χ2n) is 2.83. The highest BCUT2D eigenvalue weighted by atomic mass is 19.1. The summed E-state index contributed by atoms with van der Waals surface area (Å²) in [7, 11) is 0. The molecular weight excluding hydrogens is 133 g/mol. The van der Waals surface area contributed by atoms with E-state index in [2.05, 4.69) is 4.90 Å². The van der Waals surface area contributed by atoms with Crippen LogP contribution in [0.2, 0.25) is 0 Å². The Morgan fingerprint density at radius 2 is 2.20 bits per heavy atom. The maximum Gasteiger partial charge on any atom is 0.0898 e. The number of aliphatic hydroxyl groups excluding tert-OH is 1. The molecule has 0 aromatic rings. The molecule has 60 valence electrons. The van der Waals surface area contributed by atoms with Crippen LogP contribution in [0, 0.1) is 5.92 Å². The van der Waals surface area contributed by atoms with E-state index >= 15 is 0 Å². The van der Waals surface area contributed by atoms with Crippen molar-refractivity contribution in [3.63, 3.8) is 0 Å². The third-order valence-electron chi connectivity index (χ3n) is 1.97. The van der Waals surface area contributed by atoms with Crippen LogP contribution in [-0.4, -0.2) is 42.9 Å². The van der Waals surface area contributed by atoms with Gasteiger partial charge in [-0.15, -0.1) is 0 Å². The molecular formula is C7H14FNO. The van der Waals surface area contributed by atoms with E-state index in [1.165, 1.54) is 0 Å². The Bertz CT molecular complexity index is 83.6. The van der Waals surface area contributed by atoms with Gasteiger partial charge in [-0.1, -0.05) is 0 Å². The van der Waals surface area contributed by atoms with Gasteiger partial charge in [-0.2, -0.15) is 0 Å². The van der Waals surface area contributed by atoms with Crippen molar-refractivity contribution < 1.29 is 9.50 Å². The van der Waals surface area contributed by atoms with Crippen LogP contribution in [0.25, 0.3) is 0 Å². The van der Waals surface area contributed by atoms with Crippen LogP contribution in [0.15, 0.2) is 0 Å². The molecule has 1 rings (SSSR count). The van der Waals surface area contributed by atoms with Gasteiger partial charge in [0.2, 0.25) is 0 Å². The fourth-order valence-electron chi connectivity index (χ4n) is 1.34. The van der Waals surface area contributed by atoms with Crippen molar-refractivity contribution in [2.75, 3.05) is 32.9 Å². The van der Waals surface area contributed by atoms with E-state index in [0.717, 1.165) is 19.6 Å². The van der Waals surface area contributed by atoms with E-state index in [-0.39, 0.29) is 13.3 Å². The maximum absolute atomic E-state index is 11.7. The Morgan fingerprint density at radius 3 is 2.70 bits per heavy atom. The predicted molar refractivity (Wildman–Crippen MR) is 37.6 cm³/mol. The van der Waals surface area contributed by atoms with E-state index in [4.69, 9.17) is 5.11 Å². The number of β-amino-alcohol motifs (C(OH)–C–C–N with tert-alkyl or cyclic N) is 1. The summed E-state index contributed by atoms with van der Waals surface area (Å²) < 4.78 is 11.7. The zero-order valence-corrected chi connectivity index (χ0v) is 6.09. The first-order chi connectivity index (χ1) is 4.86. The summed E-state index contributed by atoms with van der Waals surface area (Å²) in [4.78, 5) is 2.14. The average Bonchev–Trinajstić information content (AvgIpc) is 1.84. The Labute approximate surface area is 60.6 Å². The van der Waals surface area contributed by atoms with Crippen LogP contribution >= 0.6 is 0 Å². The largest absolute Gasteiger partial charge is 0.395 e. The van der Waals surface area contributed by atoms with Crippen LogP contribution in [0.5, 0.6) is 0 Å². The molecule has 1 saturated heterocycles. The summed E-state index contributed by atoms with van der Waals surface area (Å²) in [6.45, 7) is 2.73. The monoisotopic (exact) mass is 147 g/mol. The van der Waals surface area contributed by atoms with Crippen molar-refractivity contribution in [1.29, 1.82) is 0 Å². The molecule has 0 atom stereocenters. The number of rotatable bonds is 4. The minimum atomic E-state index is -0.197. The van der Waals surface area contributed by atoms with Crippen LogP contribution in [-0.2, 0) is 0 Å². The lowest BCUT2D eigenvalue weighted by molar-refractivity contribution is 0.0693. The normalized spacial score (nSPS) is 21.0. The fraction of sp³-hybridized carbons (Fsp3) is 1.00. The quantitative estimate of drug-likeness (QED) is 0.617. The zero-order chi connectivity index (χ0) is 7.40. The smallest absolute Gasteiger partial charge is 0.0898 e. The zero-order valence-electron chi connectivity index (χ0n) is 6.09. The lowest BCUT2D eigenvalue weighted by Crippen LogP contribution is -2.47. The molecule has 2 nitrogen and oxygen atoms in total. The van der Waals surface area contributed by atoms with Gasteiger partial charge in [-0.05, 0) is 12.3 Å². The maximum atomic E-state index is 11.7. The minimum absolute atomic E-state index is 0.197. The predicted octanol–water partition coefficient (Wildman–Crippen LogP) is 0.270. The van der Waals surface area contributed by atoms with Crippen LogP contribution in [0.3, 0.4) is 0 Å². The summed E-state index contributed by atoms with van der Waals surface area (Å²) in [5, 5.41) is 8.50. The van der Waals surface area contributed by atoms with Gasteiger partial charge in [-0.3, -0.25) is 4.39 Å². The molecule has 0 bridgehead atoms. The van der Waals surface area contributed by atoms with Crippen molar-refractivity contribution in [1.82, 2.24) is 4.90 Å². The number of hydrogen-bond donors (Lipinski definition) is 1. The molecule has 0 aromatic carbocycles. The van der Waals surface area contributed by atoms with Gasteiger partial charge >= 0.3 is 0 Å². The Hall–Kier alpha value is -0.150. The average molecular weight is 147 g/mol. The Balaban J connectivity index is 1.95. The lowest BCUT2D eigenvalue weighted by Gasteiger charge is -2.38. The van der Waals surface area contributed by atoms with Crippen LogP contribution in [0.1, 0.15) is 6.42 Å². The topological polar surface area (TPSA) is 23.5 Å². The van der Waals surface area contributed by atoms with Crippen molar-refractivity contribution in [2.24, 2.45) is 5.92 Å². The molecule has 0 unspecified atom stereocenters. The van der Waals surface area contributed by atoms with Gasteiger partial charge in [0.15, 0.2) is 0 Å². The van der Waals surface area contributed by atoms with Gasteiger partial charge in [0.25, 0.3) is 0 Å². The van der Waals surface area contributed by atoms with Crippen molar-refractivity contribution >= 4 is 0 Å². The van der Waals surface area contributed by atoms with Gasteiger partial charge in [-0.25, -0.2) is 0 Å². The molecule has 0 amide bonds. The molecule has 0 saturated carbocycles. The highest BCUT2D eigenvalue weighted by Gasteiger charge is 2.24. The van der Waals surface area contributed by atoms with Crippen molar-refractivity contribution in [3.05, 3.63) is 0 Å². The van der Waals surface area contributed by atoms with E-state index < -0.39 is 0 Å². The molecule has 0 spiro atoms. The van der Waals surface area contributed by atoms with E-state index in [1.807, 2.05) is 0 Å². The molecule has 1 heterocycles. The van der Waals surface area contributed by atoms with Crippen molar-refractivity contribution in [2.45, 2.75) is 6.42 Å². The third-order valence-corrected chi connectivity index (χ3v) is 1.97. The van der Waals surface area contributed by atoms with Gasteiger partial charge in [0, 0.05) is 19.6 Å². The summed E-state index contributed by atoms with van der Waals surface area (Å²) in [6, 6.07) is 0. The first-order valence-electron chi connectivity index (χ1n) is 3.76. The number of likely N-dealkylation sites (tertiary alicyclic amines) is 1. The highest BCUT2D eigenvalue weighted by molar-refractivity contribution is 4.78. The first kappa shape index (κ1) is 7.95.